The number of hydrazone groups is 1. The summed E-state index contributed by atoms with van der Waals surface area (Å²) in [4.78, 5) is 19.8. The number of amides is 1. The van der Waals surface area contributed by atoms with E-state index in [4.69, 9.17) is 16.6 Å². The van der Waals surface area contributed by atoms with Gasteiger partial charge in [0.05, 0.1) is 17.9 Å². The van der Waals surface area contributed by atoms with Crippen LogP contribution in [0.2, 0.25) is 5.02 Å². The number of carbonyl (C=O) groups is 1. The molecule has 0 aromatic heterocycles. The summed E-state index contributed by atoms with van der Waals surface area (Å²) in [6.45, 7) is 0.487. The summed E-state index contributed by atoms with van der Waals surface area (Å²) in [5.74, 6) is 0.256. The number of benzene rings is 3. The third kappa shape index (κ3) is 3.84. The van der Waals surface area contributed by atoms with Gasteiger partial charge in [-0.05, 0) is 30.3 Å². The van der Waals surface area contributed by atoms with Crippen molar-refractivity contribution in [1.29, 1.82) is 0 Å². The molecule has 5 rings (SSSR count). The maximum absolute atomic E-state index is 12.8. The maximum Gasteiger partial charge on any atom is 0.258 e. The van der Waals surface area contributed by atoms with Crippen LogP contribution in [0.15, 0.2) is 89.0 Å². The second-order valence-electron chi connectivity index (χ2n) is 7.38. The Labute approximate surface area is 190 Å². The highest BCUT2D eigenvalue weighted by atomic mass is 35.5. The summed E-state index contributed by atoms with van der Waals surface area (Å²) in [6.07, 6.45) is -0.160. The monoisotopic (exact) mass is 447 g/mol. The zero-order chi connectivity index (χ0) is 21.4. The number of halogens is 1. The number of nitrogens with one attached hydrogen (secondary N) is 1. The normalized spacial score (nSPS) is 16.8. The highest BCUT2D eigenvalue weighted by Gasteiger charge is 2.38. The van der Waals surface area contributed by atoms with Gasteiger partial charge in [-0.1, -0.05) is 60.1 Å². The van der Waals surface area contributed by atoms with Crippen LogP contribution in [0.3, 0.4) is 0 Å². The molecule has 7 nitrogen and oxygen atoms in total. The van der Waals surface area contributed by atoms with E-state index < -0.39 is 0 Å². The molecule has 3 N–H and O–H groups in total. The molecule has 32 heavy (non-hydrogen) atoms. The topological polar surface area (TPSA) is 91.8 Å². The molecular formula is C24H22ClN5O2. The molecule has 0 saturated heterocycles. The molecule has 162 valence electrons. The molecule has 0 bridgehead atoms. The van der Waals surface area contributed by atoms with Crippen LogP contribution in [0.25, 0.3) is 0 Å². The van der Waals surface area contributed by atoms with E-state index in [2.05, 4.69) is 10.4 Å². The zero-order valence-electron chi connectivity index (χ0n) is 17.4. The third-order valence-electron chi connectivity index (χ3n) is 5.40. The van der Waals surface area contributed by atoms with Gasteiger partial charge < -0.3 is 5.48 Å². The smallest absolute Gasteiger partial charge is 0.258 e. The van der Waals surface area contributed by atoms with Crippen molar-refractivity contribution in [3.63, 3.8) is 0 Å². The SMILES string of the molecule is CN1N=C(NC(=O)c2ccccc2)N2c3ccc(Cl)cc3C(c3ccccc3)=NCC12.O. The highest BCUT2D eigenvalue weighted by molar-refractivity contribution is 6.32. The molecule has 2 aliphatic rings. The summed E-state index contributed by atoms with van der Waals surface area (Å²) >= 11 is 6.37. The van der Waals surface area contributed by atoms with E-state index in [0.717, 1.165) is 22.5 Å². The Kier molecular flexibility index (Phi) is 5.94. The average molecular weight is 448 g/mol. The van der Waals surface area contributed by atoms with Crippen molar-refractivity contribution in [2.75, 3.05) is 18.5 Å². The van der Waals surface area contributed by atoms with E-state index in [1.807, 2.05) is 83.7 Å². The lowest BCUT2D eigenvalue weighted by molar-refractivity contribution is 0.0976. The molecule has 8 heteroatoms. The van der Waals surface area contributed by atoms with Crippen molar-refractivity contribution in [1.82, 2.24) is 10.3 Å². The van der Waals surface area contributed by atoms with Crippen molar-refractivity contribution in [3.8, 4) is 0 Å². The van der Waals surface area contributed by atoms with Gasteiger partial charge >= 0.3 is 0 Å². The summed E-state index contributed by atoms with van der Waals surface area (Å²) in [6, 6.07) is 24.9. The van der Waals surface area contributed by atoms with E-state index in [0.29, 0.717) is 23.1 Å². The van der Waals surface area contributed by atoms with Crippen LogP contribution in [-0.2, 0) is 0 Å². The van der Waals surface area contributed by atoms with Crippen LogP contribution in [0, 0.1) is 0 Å². The van der Waals surface area contributed by atoms with Gasteiger partial charge in [0.1, 0.15) is 6.17 Å². The minimum Gasteiger partial charge on any atom is -0.412 e. The number of anilines is 1. The Morgan fingerprint density at radius 3 is 2.44 bits per heavy atom. The van der Waals surface area contributed by atoms with Crippen LogP contribution in [0.4, 0.5) is 5.69 Å². The number of guanidine groups is 1. The summed E-state index contributed by atoms with van der Waals surface area (Å²) in [5.41, 5.74) is 4.25. The van der Waals surface area contributed by atoms with Crippen LogP contribution in [0.1, 0.15) is 21.5 Å². The predicted octanol–water partition coefficient (Wildman–Crippen LogP) is 3.15. The standard InChI is InChI=1S/C24H20ClN5O.H2O/c1-29-21-15-26-22(16-8-4-2-5-9-16)19-14-18(25)12-13-20(19)30(21)24(28-29)27-23(31)17-10-6-3-7-11-17;/h2-14,21H,15H2,1H3,(H,27,28,31);1H2. The van der Waals surface area contributed by atoms with E-state index in [-0.39, 0.29) is 17.5 Å². The number of nitrogens with zero attached hydrogens (tertiary/aromatic N) is 4. The fourth-order valence-corrected chi connectivity index (χ4v) is 4.08. The van der Waals surface area contributed by atoms with Crippen molar-refractivity contribution in [2.45, 2.75) is 6.17 Å². The molecule has 0 fully saturated rings. The second-order valence-corrected chi connectivity index (χ2v) is 7.82. The molecule has 3 aromatic rings. The lowest BCUT2D eigenvalue weighted by Crippen LogP contribution is -2.48. The van der Waals surface area contributed by atoms with Gasteiger partial charge in [0.25, 0.3) is 5.91 Å². The first-order valence-corrected chi connectivity index (χ1v) is 10.4. The molecule has 2 heterocycles. The van der Waals surface area contributed by atoms with E-state index in [1.165, 1.54) is 0 Å². The van der Waals surface area contributed by atoms with E-state index in [1.54, 1.807) is 12.1 Å². The number of fused-ring (bicyclic) bond motifs is 3. The molecule has 1 unspecified atom stereocenters. The van der Waals surface area contributed by atoms with Crippen molar-refractivity contribution >= 4 is 34.9 Å². The first-order valence-electron chi connectivity index (χ1n) is 9.99. The fraction of sp³-hybridized carbons (Fsp3) is 0.125. The van der Waals surface area contributed by atoms with Crippen LogP contribution >= 0.6 is 11.6 Å². The predicted molar refractivity (Wildman–Crippen MR) is 127 cm³/mol. The minimum atomic E-state index is -0.211. The first kappa shape index (κ1) is 21.5. The molecule has 1 atom stereocenters. The third-order valence-corrected chi connectivity index (χ3v) is 5.64. The van der Waals surface area contributed by atoms with E-state index in [9.17, 15) is 4.79 Å². The van der Waals surface area contributed by atoms with Crippen molar-refractivity contribution < 1.29 is 10.3 Å². The Balaban J connectivity index is 0.00000245. The minimum absolute atomic E-state index is 0. The second kappa shape index (κ2) is 8.82. The number of hydrogen-bond acceptors (Lipinski definition) is 5. The number of likely N-dealkylation sites (N-methyl/N-ethyl adjacent to an activating group) is 1. The first-order chi connectivity index (χ1) is 15.1. The number of hydrogen-bond donors (Lipinski definition) is 1. The molecule has 3 aromatic carbocycles. The molecular weight excluding hydrogens is 426 g/mol. The molecule has 0 saturated carbocycles. The Morgan fingerprint density at radius 2 is 1.72 bits per heavy atom. The van der Waals surface area contributed by atoms with Gasteiger partial charge in [-0.15, -0.1) is 5.10 Å². The zero-order valence-corrected chi connectivity index (χ0v) is 18.1. The molecule has 0 spiro atoms. The van der Waals surface area contributed by atoms with Crippen LogP contribution in [0.5, 0.6) is 0 Å². The quantitative estimate of drug-likeness (QED) is 0.654. The maximum atomic E-state index is 12.8. The summed E-state index contributed by atoms with van der Waals surface area (Å²) in [5, 5.41) is 10.0. The largest absolute Gasteiger partial charge is 0.412 e. The lowest BCUT2D eigenvalue weighted by atomic mass is 10.0. The summed E-state index contributed by atoms with van der Waals surface area (Å²) in [7, 11) is 1.89. The molecule has 1 amide bonds. The van der Waals surface area contributed by atoms with Crippen LogP contribution < -0.4 is 10.2 Å². The highest BCUT2D eigenvalue weighted by Crippen LogP contribution is 2.34. The van der Waals surface area contributed by atoms with Crippen molar-refractivity contribution in [3.05, 3.63) is 101 Å². The van der Waals surface area contributed by atoms with Crippen molar-refractivity contribution in [2.24, 2.45) is 10.1 Å². The van der Waals surface area contributed by atoms with Gasteiger partial charge in [-0.2, -0.15) is 0 Å². The number of carbonyl (C=O) groups excluding carboxylic acids is 1. The summed E-state index contributed by atoms with van der Waals surface area (Å²) < 4.78 is 0. The molecule has 2 aliphatic heterocycles. The number of rotatable bonds is 2. The van der Waals surface area contributed by atoms with Gasteiger partial charge in [0.15, 0.2) is 0 Å². The van der Waals surface area contributed by atoms with Gasteiger partial charge in [0, 0.05) is 28.8 Å². The Bertz CT molecular complexity index is 1200. The molecule has 0 aliphatic carbocycles. The van der Waals surface area contributed by atoms with Crippen LogP contribution in [-0.4, -0.2) is 47.8 Å². The lowest BCUT2D eigenvalue weighted by Gasteiger charge is -2.28. The van der Waals surface area contributed by atoms with Gasteiger partial charge in [0.2, 0.25) is 5.96 Å². The number of aliphatic imine (C=N–C) groups is 1. The fourth-order valence-electron chi connectivity index (χ4n) is 3.90. The average Bonchev–Trinajstić information content (AvgIpc) is 2.99. The van der Waals surface area contributed by atoms with Gasteiger partial charge in [-0.25, -0.2) is 0 Å². The van der Waals surface area contributed by atoms with Gasteiger partial charge in [-0.3, -0.25) is 25.0 Å². The Morgan fingerprint density at radius 1 is 1.03 bits per heavy atom. The molecule has 0 radical (unpaired) electrons. The van der Waals surface area contributed by atoms with E-state index >= 15 is 0 Å². The Hall–Kier alpha value is -3.68.